The van der Waals surface area contributed by atoms with Gasteiger partial charge < -0.3 is 10.2 Å². The number of amides is 1. The Bertz CT molecular complexity index is 289. The monoisotopic (exact) mass is 223 g/mol. The van der Waals surface area contributed by atoms with Gasteiger partial charge in [0.25, 0.3) is 0 Å². The van der Waals surface area contributed by atoms with Crippen molar-refractivity contribution in [1.82, 2.24) is 10.2 Å². The van der Waals surface area contributed by atoms with Crippen molar-refractivity contribution in [2.24, 2.45) is 0 Å². The van der Waals surface area contributed by atoms with Crippen LogP contribution in [0.1, 0.15) is 40.0 Å². The van der Waals surface area contributed by atoms with Gasteiger partial charge in [0, 0.05) is 12.6 Å². The van der Waals surface area contributed by atoms with Gasteiger partial charge in [0.05, 0.1) is 18.0 Å². The predicted molar refractivity (Wildman–Crippen MR) is 62.7 cm³/mol. The first kappa shape index (κ1) is 13.0. The number of nitrogens with zero attached hydrogens (tertiary/aromatic N) is 2. The van der Waals surface area contributed by atoms with E-state index in [2.05, 4.69) is 11.4 Å². The van der Waals surface area contributed by atoms with E-state index in [9.17, 15) is 4.79 Å². The zero-order valence-corrected chi connectivity index (χ0v) is 10.4. The van der Waals surface area contributed by atoms with E-state index >= 15 is 0 Å². The van der Waals surface area contributed by atoms with Crippen LogP contribution in [0.15, 0.2) is 0 Å². The summed E-state index contributed by atoms with van der Waals surface area (Å²) in [4.78, 5) is 14.2. The summed E-state index contributed by atoms with van der Waals surface area (Å²) in [5.41, 5.74) is -0.521. The SMILES string of the molecule is CCNC(C)(C)C(=O)N(CCC#N)C1CC1. The number of likely N-dealkylation sites (N-methyl/N-ethyl adjacent to an activating group) is 1. The van der Waals surface area contributed by atoms with E-state index in [1.54, 1.807) is 0 Å². The highest BCUT2D eigenvalue weighted by Crippen LogP contribution is 2.28. The van der Waals surface area contributed by atoms with E-state index in [1.807, 2.05) is 25.7 Å². The number of nitrogens with one attached hydrogen (secondary N) is 1. The number of nitriles is 1. The van der Waals surface area contributed by atoms with Gasteiger partial charge in [-0.2, -0.15) is 5.26 Å². The van der Waals surface area contributed by atoms with Gasteiger partial charge in [0.1, 0.15) is 0 Å². The molecular weight excluding hydrogens is 202 g/mol. The molecule has 1 saturated carbocycles. The Morgan fingerprint density at radius 2 is 2.19 bits per heavy atom. The van der Waals surface area contributed by atoms with E-state index in [0.29, 0.717) is 19.0 Å². The van der Waals surface area contributed by atoms with Crippen LogP contribution in [-0.2, 0) is 4.79 Å². The fourth-order valence-corrected chi connectivity index (χ4v) is 1.88. The van der Waals surface area contributed by atoms with Crippen LogP contribution >= 0.6 is 0 Å². The lowest BCUT2D eigenvalue weighted by molar-refractivity contribution is -0.137. The lowest BCUT2D eigenvalue weighted by atomic mass is 10.0. The van der Waals surface area contributed by atoms with Crippen molar-refractivity contribution in [2.75, 3.05) is 13.1 Å². The normalized spacial score (nSPS) is 15.6. The van der Waals surface area contributed by atoms with Gasteiger partial charge in [-0.15, -0.1) is 0 Å². The van der Waals surface area contributed by atoms with Crippen molar-refractivity contribution in [3.63, 3.8) is 0 Å². The zero-order valence-electron chi connectivity index (χ0n) is 10.4. The van der Waals surface area contributed by atoms with Crippen molar-refractivity contribution in [3.05, 3.63) is 0 Å². The Morgan fingerprint density at radius 3 is 2.62 bits per heavy atom. The van der Waals surface area contributed by atoms with Crippen molar-refractivity contribution < 1.29 is 4.79 Å². The Labute approximate surface area is 97.6 Å². The second-order valence-corrected chi connectivity index (χ2v) is 4.79. The molecular formula is C12H21N3O. The predicted octanol–water partition coefficient (Wildman–Crippen LogP) is 1.28. The molecule has 16 heavy (non-hydrogen) atoms. The highest BCUT2D eigenvalue weighted by molar-refractivity contribution is 5.86. The third-order valence-corrected chi connectivity index (χ3v) is 2.87. The summed E-state index contributed by atoms with van der Waals surface area (Å²) in [6.45, 7) is 7.14. The molecule has 0 bridgehead atoms. The summed E-state index contributed by atoms with van der Waals surface area (Å²) in [7, 11) is 0. The Kier molecular flexibility index (Phi) is 4.31. The van der Waals surface area contributed by atoms with Crippen molar-refractivity contribution >= 4 is 5.91 Å². The van der Waals surface area contributed by atoms with Gasteiger partial charge in [-0.3, -0.25) is 4.79 Å². The molecule has 1 aliphatic carbocycles. The molecule has 1 N–H and O–H groups in total. The van der Waals surface area contributed by atoms with Crippen molar-refractivity contribution in [1.29, 1.82) is 5.26 Å². The summed E-state index contributed by atoms with van der Waals surface area (Å²) in [5, 5.41) is 11.8. The van der Waals surface area contributed by atoms with Gasteiger partial charge in [-0.25, -0.2) is 0 Å². The minimum atomic E-state index is -0.521. The molecule has 0 spiro atoms. The minimum Gasteiger partial charge on any atom is -0.337 e. The maximum Gasteiger partial charge on any atom is 0.242 e. The number of rotatable bonds is 6. The third-order valence-electron chi connectivity index (χ3n) is 2.87. The molecule has 0 aromatic rings. The van der Waals surface area contributed by atoms with Crippen LogP contribution in [0.5, 0.6) is 0 Å². The molecule has 0 aromatic carbocycles. The van der Waals surface area contributed by atoms with Crippen LogP contribution in [0.4, 0.5) is 0 Å². The molecule has 0 atom stereocenters. The fraction of sp³-hybridized carbons (Fsp3) is 0.833. The van der Waals surface area contributed by atoms with Crippen LogP contribution in [0.3, 0.4) is 0 Å². The van der Waals surface area contributed by atoms with Crippen LogP contribution in [0, 0.1) is 11.3 Å². The fourth-order valence-electron chi connectivity index (χ4n) is 1.88. The first-order chi connectivity index (χ1) is 7.53. The molecule has 1 amide bonds. The summed E-state index contributed by atoms with van der Waals surface area (Å²) in [6, 6.07) is 2.48. The molecule has 1 fully saturated rings. The van der Waals surface area contributed by atoms with Crippen LogP contribution in [0.2, 0.25) is 0 Å². The average Bonchev–Trinajstić information content (AvgIpc) is 3.02. The highest BCUT2D eigenvalue weighted by atomic mass is 16.2. The van der Waals surface area contributed by atoms with Crippen LogP contribution < -0.4 is 5.32 Å². The summed E-state index contributed by atoms with van der Waals surface area (Å²) >= 11 is 0. The molecule has 1 rings (SSSR count). The quantitative estimate of drug-likeness (QED) is 0.738. The number of carbonyl (C=O) groups is 1. The lowest BCUT2D eigenvalue weighted by Gasteiger charge is -2.32. The molecule has 0 unspecified atom stereocenters. The topological polar surface area (TPSA) is 56.1 Å². The molecule has 4 heteroatoms. The highest BCUT2D eigenvalue weighted by Gasteiger charge is 2.38. The zero-order chi connectivity index (χ0) is 12.2. The molecule has 4 nitrogen and oxygen atoms in total. The summed E-state index contributed by atoms with van der Waals surface area (Å²) in [5.74, 6) is 0.118. The molecule has 0 heterocycles. The van der Waals surface area contributed by atoms with E-state index in [1.165, 1.54) is 0 Å². The van der Waals surface area contributed by atoms with E-state index in [0.717, 1.165) is 19.4 Å². The van der Waals surface area contributed by atoms with E-state index in [-0.39, 0.29) is 5.91 Å². The maximum absolute atomic E-state index is 12.3. The molecule has 0 radical (unpaired) electrons. The number of hydrogen-bond donors (Lipinski definition) is 1. The Hall–Kier alpha value is -1.08. The minimum absolute atomic E-state index is 0.118. The van der Waals surface area contributed by atoms with Gasteiger partial charge in [0.15, 0.2) is 0 Å². The summed E-state index contributed by atoms with van der Waals surface area (Å²) < 4.78 is 0. The van der Waals surface area contributed by atoms with Crippen LogP contribution in [0.25, 0.3) is 0 Å². The molecule has 0 aliphatic heterocycles. The van der Waals surface area contributed by atoms with Crippen molar-refractivity contribution in [3.8, 4) is 6.07 Å². The molecule has 0 saturated heterocycles. The standard InChI is InChI=1S/C12H21N3O/c1-4-14-12(2,3)11(16)15(9-5-8-13)10-6-7-10/h10,14H,4-7,9H2,1-3H3. The maximum atomic E-state index is 12.3. The number of carbonyl (C=O) groups excluding carboxylic acids is 1. The third kappa shape index (κ3) is 3.21. The lowest BCUT2D eigenvalue weighted by Crippen LogP contribution is -2.54. The van der Waals surface area contributed by atoms with Gasteiger partial charge in [-0.05, 0) is 33.2 Å². The van der Waals surface area contributed by atoms with Crippen molar-refractivity contribution in [2.45, 2.75) is 51.6 Å². The van der Waals surface area contributed by atoms with E-state index in [4.69, 9.17) is 5.26 Å². The second-order valence-electron chi connectivity index (χ2n) is 4.79. The average molecular weight is 223 g/mol. The van der Waals surface area contributed by atoms with E-state index < -0.39 is 5.54 Å². The first-order valence-electron chi connectivity index (χ1n) is 5.96. The molecule has 1 aliphatic rings. The smallest absolute Gasteiger partial charge is 0.242 e. The summed E-state index contributed by atoms with van der Waals surface area (Å²) in [6.07, 6.45) is 2.59. The van der Waals surface area contributed by atoms with Gasteiger partial charge in [-0.1, -0.05) is 6.92 Å². The van der Waals surface area contributed by atoms with Gasteiger partial charge >= 0.3 is 0 Å². The second kappa shape index (κ2) is 5.31. The Morgan fingerprint density at radius 1 is 1.56 bits per heavy atom. The molecule has 90 valence electrons. The number of hydrogen-bond acceptors (Lipinski definition) is 3. The van der Waals surface area contributed by atoms with Gasteiger partial charge in [0.2, 0.25) is 5.91 Å². The van der Waals surface area contributed by atoms with Crippen LogP contribution in [-0.4, -0.2) is 35.5 Å². The largest absolute Gasteiger partial charge is 0.337 e. The first-order valence-corrected chi connectivity index (χ1v) is 5.96. The Balaban J connectivity index is 2.63. The molecule has 0 aromatic heterocycles.